The van der Waals surface area contributed by atoms with Gasteiger partial charge in [0.25, 0.3) is 0 Å². The molecule has 4 nitrogen and oxygen atoms in total. The van der Waals surface area contributed by atoms with Gasteiger partial charge < -0.3 is 5.32 Å². The highest BCUT2D eigenvalue weighted by atomic mass is 32.2. The van der Waals surface area contributed by atoms with Gasteiger partial charge in [-0.05, 0) is 36.6 Å². The molecular formula is C12H10N4S. The summed E-state index contributed by atoms with van der Waals surface area (Å²) in [6.07, 6.45) is 3.59. The van der Waals surface area contributed by atoms with E-state index >= 15 is 0 Å². The first-order chi connectivity index (χ1) is 8.31. The molecule has 0 fully saturated rings. The number of nitriles is 1. The number of nitrogens with zero attached hydrogens (tertiary/aromatic N) is 3. The number of aromatic nitrogens is 2. The molecule has 0 aliphatic heterocycles. The lowest BCUT2D eigenvalue weighted by molar-refractivity contribution is 1.14. The van der Waals surface area contributed by atoms with Crippen molar-refractivity contribution in [3.8, 4) is 6.07 Å². The van der Waals surface area contributed by atoms with E-state index in [4.69, 9.17) is 5.26 Å². The lowest BCUT2D eigenvalue weighted by atomic mass is 10.3. The third-order valence-electron chi connectivity index (χ3n) is 2.12. The molecule has 0 bridgehead atoms. The van der Waals surface area contributed by atoms with Crippen molar-refractivity contribution < 1.29 is 0 Å². The van der Waals surface area contributed by atoms with Crippen molar-refractivity contribution >= 4 is 23.4 Å². The lowest BCUT2D eigenvalue weighted by Crippen LogP contribution is -1.97. The van der Waals surface area contributed by atoms with Crippen LogP contribution in [0.4, 0.5) is 11.6 Å². The maximum Gasteiger partial charge on any atom is 0.228 e. The summed E-state index contributed by atoms with van der Waals surface area (Å²) < 4.78 is 0. The van der Waals surface area contributed by atoms with Gasteiger partial charge in [-0.25, -0.2) is 9.97 Å². The van der Waals surface area contributed by atoms with E-state index < -0.39 is 0 Å². The summed E-state index contributed by atoms with van der Waals surface area (Å²) in [7, 11) is 0. The molecule has 1 N–H and O–H groups in total. The van der Waals surface area contributed by atoms with Crippen molar-refractivity contribution in [2.24, 2.45) is 0 Å². The molecule has 0 amide bonds. The van der Waals surface area contributed by atoms with E-state index in [2.05, 4.69) is 15.3 Å². The van der Waals surface area contributed by atoms with E-state index in [-0.39, 0.29) is 0 Å². The van der Waals surface area contributed by atoms with E-state index in [0.717, 1.165) is 5.69 Å². The second-order valence-corrected chi connectivity index (χ2v) is 4.11. The van der Waals surface area contributed by atoms with Crippen LogP contribution in [0, 0.1) is 11.3 Å². The Morgan fingerprint density at radius 2 is 2.00 bits per heavy atom. The minimum atomic E-state index is 0.350. The average molecular weight is 242 g/mol. The predicted molar refractivity (Wildman–Crippen MR) is 68.3 cm³/mol. The first-order valence-electron chi connectivity index (χ1n) is 4.96. The summed E-state index contributed by atoms with van der Waals surface area (Å²) in [4.78, 5) is 9.28. The summed E-state index contributed by atoms with van der Waals surface area (Å²) in [5.41, 5.74) is 1.25. The maximum atomic E-state index is 8.73. The van der Waals surface area contributed by atoms with Crippen LogP contribution >= 0.6 is 11.8 Å². The van der Waals surface area contributed by atoms with Crippen LogP contribution in [0.15, 0.2) is 41.4 Å². The van der Waals surface area contributed by atoms with Crippen molar-refractivity contribution in [1.82, 2.24) is 9.97 Å². The third kappa shape index (κ3) is 2.95. The third-order valence-corrected chi connectivity index (χ3v) is 2.86. The van der Waals surface area contributed by atoms with Crippen molar-refractivity contribution in [2.45, 2.75) is 4.90 Å². The zero-order chi connectivity index (χ0) is 12.1. The standard InChI is InChI=1S/C12H10N4S/c1-17-11-4-2-9(3-5-11)15-12-14-7-6-10(8-13)16-12/h2-7H,1H3,(H,14,15,16). The van der Waals surface area contributed by atoms with Crippen molar-refractivity contribution in [1.29, 1.82) is 5.26 Å². The van der Waals surface area contributed by atoms with Crippen molar-refractivity contribution in [2.75, 3.05) is 11.6 Å². The van der Waals surface area contributed by atoms with Crippen LogP contribution in [0.25, 0.3) is 0 Å². The number of benzene rings is 1. The molecule has 2 aromatic rings. The van der Waals surface area contributed by atoms with Gasteiger partial charge in [-0.1, -0.05) is 0 Å². The van der Waals surface area contributed by atoms with Gasteiger partial charge in [0.05, 0.1) is 0 Å². The maximum absolute atomic E-state index is 8.73. The monoisotopic (exact) mass is 242 g/mol. The smallest absolute Gasteiger partial charge is 0.228 e. The Balaban J connectivity index is 2.16. The highest BCUT2D eigenvalue weighted by molar-refractivity contribution is 7.98. The van der Waals surface area contributed by atoms with Gasteiger partial charge in [-0.2, -0.15) is 5.26 Å². The van der Waals surface area contributed by atoms with E-state index in [1.54, 1.807) is 24.0 Å². The number of hydrogen-bond donors (Lipinski definition) is 1. The fourth-order valence-electron chi connectivity index (χ4n) is 1.28. The molecule has 17 heavy (non-hydrogen) atoms. The van der Waals surface area contributed by atoms with Gasteiger partial charge in [-0.3, -0.25) is 0 Å². The van der Waals surface area contributed by atoms with Crippen molar-refractivity contribution in [3.63, 3.8) is 0 Å². The molecular weight excluding hydrogens is 232 g/mol. The number of rotatable bonds is 3. The van der Waals surface area contributed by atoms with Gasteiger partial charge in [0.15, 0.2) is 0 Å². The molecule has 0 unspecified atom stereocenters. The van der Waals surface area contributed by atoms with Crippen molar-refractivity contribution in [3.05, 3.63) is 42.2 Å². The summed E-state index contributed by atoms with van der Waals surface area (Å²) in [6, 6.07) is 11.5. The summed E-state index contributed by atoms with van der Waals surface area (Å²) in [5, 5.41) is 11.8. The summed E-state index contributed by atoms with van der Waals surface area (Å²) in [5.74, 6) is 0.431. The Labute approximate surface area is 104 Å². The number of hydrogen-bond acceptors (Lipinski definition) is 5. The molecule has 5 heteroatoms. The minimum absolute atomic E-state index is 0.350. The van der Waals surface area contributed by atoms with E-state index in [0.29, 0.717) is 11.6 Å². The lowest BCUT2D eigenvalue weighted by Gasteiger charge is -2.04. The Bertz CT molecular complexity index is 545. The first kappa shape index (κ1) is 11.4. The molecule has 84 valence electrons. The molecule has 0 atom stereocenters. The molecule has 0 aliphatic rings. The molecule has 1 heterocycles. The van der Waals surface area contributed by atoms with Gasteiger partial charge >= 0.3 is 0 Å². The second-order valence-electron chi connectivity index (χ2n) is 3.23. The molecule has 1 aromatic heterocycles. The highest BCUT2D eigenvalue weighted by Gasteiger charge is 1.99. The number of nitrogens with one attached hydrogen (secondary N) is 1. The largest absolute Gasteiger partial charge is 0.324 e. The summed E-state index contributed by atoms with van der Waals surface area (Å²) >= 11 is 1.69. The molecule has 1 aromatic carbocycles. The molecule has 0 spiro atoms. The van der Waals surface area contributed by atoms with Crippen LogP contribution in [0.3, 0.4) is 0 Å². The van der Waals surface area contributed by atoms with Gasteiger partial charge in [-0.15, -0.1) is 11.8 Å². The fourth-order valence-corrected chi connectivity index (χ4v) is 1.69. The van der Waals surface area contributed by atoms with E-state index in [1.807, 2.05) is 36.6 Å². The number of thioether (sulfide) groups is 1. The quantitative estimate of drug-likeness (QED) is 0.838. The molecule has 0 saturated heterocycles. The normalized spacial score (nSPS) is 9.65. The molecule has 0 radical (unpaired) electrons. The summed E-state index contributed by atoms with van der Waals surface area (Å²) in [6.45, 7) is 0. The first-order valence-corrected chi connectivity index (χ1v) is 6.18. The van der Waals surface area contributed by atoms with Crippen LogP contribution < -0.4 is 5.32 Å². The molecule has 2 rings (SSSR count). The fraction of sp³-hybridized carbons (Fsp3) is 0.0833. The Morgan fingerprint density at radius 1 is 1.24 bits per heavy atom. The van der Waals surface area contributed by atoms with Gasteiger partial charge in [0.2, 0.25) is 5.95 Å². The second kappa shape index (κ2) is 5.32. The van der Waals surface area contributed by atoms with Crippen LogP contribution in [-0.2, 0) is 0 Å². The highest BCUT2D eigenvalue weighted by Crippen LogP contribution is 2.19. The Kier molecular flexibility index (Phi) is 3.58. The minimum Gasteiger partial charge on any atom is -0.324 e. The van der Waals surface area contributed by atoms with Gasteiger partial charge in [0.1, 0.15) is 11.8 Å². The van der Waals surface area contributed by atoms with Crippen LogP contribution in [0.5, 0.6) is 0 Å². The van der Waals surface area contributed by atoms with Crippen LogP contribution in [0.2, 0.25) is 0 Å². The molecule has 0 saturated carbocycles. The number of anilines is 2. The average Bonchev–Trinajstić information content (AvgIpc) is 2.40. The Morgan fingerprint density at radius 3 is 2.65 bits per heavy atom. The zero-order valence-electron chi connectivity index (χ0n) is 9.21. The Hall–Kier alpha value is -2.06. The van der Waals surface area contributed by atoms with Crippen LogP contribution in [-0.4, -0.2) is 16.2 Å². The predicted octanol–water partition coefficient (Wildman–Crippen LogP) is 2.81. The molecule has 0 aliphatic carbocycles. The van der Waals surface area contributed by atoms with E-state index in [1.165, 1.54) is 4.90 Å². The van der Waals surface area contributed by atoms with E-state index in [9.17, 15) is 0 Å². The van der Waals surface area contributed by atoms with Crippen LogP contribution in [0.1, 0.15) is 5.69 Å². The SMILES string of the molecule is CSc1ccc(Nc2nccc(C#N)n2)cc1. The topological polar surface area (TPSA) is 61.6 Å². The zero-order valence-corrected chi connectivity index (χ0v) is 10.0. The van der Waals surface area contributed by atoms with Gasteiger partial charge in [0, 0.05) is 16.8 Å².